The summed E-state index contributed by atoms with van der Waals surface area (Å²) in [6, 6.07) is 3.09. The van der Waals surface area contributed by atoms with Gasteiger partial charge < -0.3 is 10.1 Å². The number of methoxy groups -OCH3 is 1. The lowest BCUT2D eigenvalue weighted by atomic mass is 10.0. The third kappa shape index (κ3) is 3.36. The Labute approximate surface area is 124 Å². The van der Waals surface area contributed by atoms with Crippen molar-refractivity contribution in [1.29, 1.82) is 0 Å². The first-order valence-corrected chi connectivity index (χ1v) is 6.84. The van der Waals surface area contributed by atoms with Crippen molar-refractivity contribution in [1.82, 2.24) is 15.3 Å². The van der Waals surface area contributed by atoms with Crippen LogP contribution in [-0.2, 0) is 6.42 Å². The lowest BCUT2D eigenvalue weighted by Crippen LogP contribution is -2.21. The standard InChI is InChI=1S/C16H20FN3O/c1-10-8-19-14(11(2)16(10)21-4)7-15(18-3)13-6-5-12(17)9-20-13/h5-6,8-9,15,18H,7H2,1-4H3. The Morgan fingerprint density at radius 3 is 2.57 bits per heavy atom. The summed E-state index contributed by atoms with van der Waals surface area (Å²) in [6.45, 7) is 3.97. The van der Waals surface area contributed by atoms with Crippen molar-refractivity contribution < 1.29 is 9.13 Å². The van der Waals surface area contributed by atoms with Gasteiger partial charge in [0.15, 0.2) is 0 Å². The lowest BCUT2D eigenvalue weighted by molar-refractivity contribution is 0.406. The van der Waals surface area contributed by atoms with Crippen molar-refractivity contribution in [3.05, 3.63) is 52.9 Å². The Hall–Kier alpha value is -2.01. The van der Waals surface area contributed by atoms with Crippen LogP contribution in [0.5, 0.6) is 5.75 Å². The smallest absolute Gasteiger partial charge is 0.141 e. The van der Waals surface area contributed by atoms with Gasteiger partial charge in [0.2, 0.25) is 0 Å². The summed E-state index contributed by atoms with van der Waals surface area (Å²) in [5.74, 6) is 0.529. The number of likely N-dealkylation sites (N-methyl/N-ethyl adjacent to an activating group) is 1. The van der Waals surface area contributed by atoms with Crippen LogP contribution in [0.15, 0.2) is 24.5 Å². The normalized spacial score (nSPS) is 12.2. The first-order chi connectivity index (χ1) is 10.1. The quantitative estimate of drug-likeness (QED) is 0.919. The molecule has 4 nitrogen and oxygen atoms in total. The molecular formula is C16H20FN3O. The van der Waals surface area contributed by atoms with Crippen molar-refractivity contribution in [2.75, 3.05) is 14.2 Å². The summed E-state index contributed by atoms with van der Waals surface area (Å²) in [6.07, 6.45) is 3.71. The largest absolute Gasteiger partial charge is 0.496 e. The van der Waals surface area contributed by atoms with Crippen LogP contribution < -0.4 is 10.1 Å². The van der Waals surface area contributed by atoms with E-state index in [4.69, 9.17) is 4.74 Å². The molecule has 0 saturated carbocycles. The van der Waals surface area contributed by atoms with Crippen LogP contribution >= 0.6 is 0 Å². The van der Waals surface area contributed by atoms with Gasteiger partial charge >= 0.3 is 0 Å². The van der Waals surface area contributed by atoms with Gasteiger partial charge in [0.05, 0.1) is 25.0 Å². The Morgan fingerprint density at radius 1 is 1.24 bits per heavy atom. The second-order valence-electron chi connectivity index (χ2n) is 4.99. The molecule has 0 aromatic carbocycles. The number of aryl methyl sites for hydroxylation is 1. The summed E-state index contributed by atoms with van der Waals surface area (Å²) < 4.78 is 18.4. The van der Waals surface area contributed by atoms with E-state index >= 15 is 0 Å². The van der Waals surface area contributed by atoms with Crippen molar-refractivity contribution in [2.24, 2.45) is 0 Å². The van der Waals surface area contributed by atoms with Crippen molar-refractivity contribution in [3.63, 3.8) is 0 Å². The fourth-order valence-electron chi connectivity index (χ4n) is 2.42. The minimum atomic E-state index is -0.333. The predicted octanol–water partition coefficient (Wildman–Crippen LogP) is 2.74. The minimum absolute atomic E-state index is 0.0239. The van der Waals surface area contributed by atoms with Crippen LogP contribution in [0.2, 0.25) is 0 Å². The fourth-order valence-corrected chi connectivity index (χ4v) is 2.42. The molecule has 1 unspecified atom stereocenters. The molecule has 21 heavy (non-hydrogen) atoms. The number of hydrogen-bond acceptors (Lipinski definition) is 4. The molecule has 5 heteroatoms. The number of rotatable bonds is 5. The van der Waals surface area contributed by atoms with Gasteiger partial charge in [0, 0.05) is 29.4 Å². The number of hydrogen-bond donors (Lipinski definition) is 1. The van der Waals surface area contributed by atoms with E-state index in [0.29, 0.717) is 6.42 Å². The van der Waals surface area contributed by atoms with Crippen LogP contribution in [0.1, 0.15) is 28.6 Å². The Balaban J connectivity index is 2.29. The van der Waals surface area contributed by atoms with E-state index in [1.807, 2.05) is 27.1 Å². The molecule has 0 aliphatic heterocycles. The molecule has 0 aliphatic rings. The number of ether oxygens (including phenoxy) is 1. The Kier molecular flexibility index (Phi) is 4.85. The van der Waals surface area contributed by atoms with Gasteiger partial charge in [-0.3, -0.25) is 9.97 Å². The van der Waals surface area contributed by atoms with E-state index in [-0.39, 0.29) is 11.9 Å². The van der Waals surface area contributed by atoms with Gasteiger partial charge in [-0.25, -0.2) is 4.39 Å². The molecule has 0 spiro atoms. The highest BCUT2D eigenvalue weighted by atomic mass is 19.1. The fraction of sp³-hybridized carbons (Fsp3) is 0.375. The van der Waals surface area contributed by atoms with E-state index < -0.39 is 0 Å². The zero-order valence-corrected chi connectivity index (χ0v) is 12.8. The maximum atomic E-state index is 13.0. The van der Waals surface area contributed by atoms with Crippen LogP contribution in [0, 0.1) is 19.7 Å². The summed E-state index contributed by atoms with van der Waals surface area (Å²) in [5.41, 5.74) is 3.78. The summed E-state index contributed by atoms with van der Waals surface area (Å²) in [4.78, 5) is 8.63. The van der Waals surface area contributed by atoms with Crippen molar-refractivity contribution in [3.8, 4) is 5.75 Å². The van der Waals surface area contributed by atoms with E-state index in [1.165, 1.54) is 12.3 Å². The third-order valence-corrected chi connectivity index (χ3v) is 3.60. The molecule has 0 fully saturated rings. The molecule has 1 N–H and O–H groups in total. The summed E-state index contributed by atoms with van der Waals surface area (Å²) >= 11 is 0. The zero-order chi connectivity index (χ0) is 15.4. The molecule has 2 aromatic rings. The van der Waals surface area contributed by atoms with Gasteiger partial charge in [-0.05, 0) is 33.0 Å². The molecule has 0 saturated heterocycles. The third-order valence-electron chi connectivity index (χ3n) is 3.60. The molecule has 1 atom stereocenters. The monoisotopic (exact) mass is 289 g/mol. The van der Waals surface area contributed by atoms with Crippen molar-refractivity contribution >= 4 is 0 Å². The average molecular weight is 289 g/mol. The van der Waals surface area contributed by atoms with Crippen molar-refractivity contribution in [2.45, 2.75) is 26.3 Å². The molecule has 0 amide bonds. The molecule has 2 heterocycles. The van der Waals surface area contributed by atoms with Gasteiger partial charge in [-0.15, -0.1) is 0 Å². The second-order valence-corrected chi connectivity index (χ2v) is 4.99. The highest BCUT2D eigenvalue weighted by Crippen LogP contribution is 2.26. The van der Waals surface area contributed by atoms with Crippen LogP contribution in [0.4, 0.5) is 4.39 Å². The number of aromatic nitrogens is 2. The van der Waals surface area contributed by atoms with E-state index in [0.717, 1.165) is 28.3 Å². The number of halogens is 1. The van der Waals surface area contributed by atoms with Gasteiger partial charge in [0.1, 0.15) is 11.6 Å². The highest BCUT2D eigenvalue weighted by molar-refractivity contribution is 5.41. The SMILES string of the molecule is CNC(Cc1ncc(C)c(OC)c1C)c1ccc(F)cn1. The lowest BCUT2D eigenvalue weighted by Gasteiger charge is -2.18. The molecule has 0 radical (unpaired) electrons. The predicted molar refractivity (Wildman–Crippen MR) is 80.0 cm³/mol. The molecule has 0 bridgehead atoms. The molecule has 0 aliphatic carbocycles. The zero-order valence-electron chi connectivity index (χ0n) is 12.8. The number of pyridine rings is 2. The summed E-state index contributed by atoms with van der Waals surface area (Å²) in [7, 11) is 3.52. The molecule has 112 valence electrons. The number of nitrogens with one attached hydrogen (secondary N) is 1. The average Bonchev–Trinajstić information content (AvgIpc) is 2.48. The first-order valence-electron chi connectivity index (χ1n) is 6.84. The van der Waals surface area contributed by atoms with Gasteiger partial charge in [0.25, 0.3) is 0 Å². The Bertz CT molecular complexity index is 614. The van der Waals surface area contributed by atoms with Crippen LogP contribution in [0.3, 0.4) is 0 Å². The topological polar surface area (TPSA) is 47.0 Å². The Morgan fingerprint density at radius 2 is 2.00 bits per heavy atom. The van der Waals surface area contributed by atoms with E-state index in [1.54, 1.807) is 13.2 Å². The highest BCUT2D eigenvalue weighted by Gasteiger charge is 2.16. The van der Waals surface area contributed by atoms with Gasteiger partial charge in [-0.2, -0.15) is 0 Å². The minimum Gasteiger partial charge on any atom is -0.496 e. The maximum absolute atomic E-state index is 13.0. The molecular weight excluding hydrogens is 269 g/mol. The first kappa shape index (κ1) is 15.4. The molecule has 2 rings (SSSR count). The van der Waals surface area contributed by atoms with Gasteiger partial charge in [-0.1, -0.05) is 0 Å². The summed E-state index contributed by atoms with van der Waals surface area (Å²) in [5, 5.41) is 3.20. The molecule has 2 aromatic heterocycles. The maximum Gasteiger partial charge on any atom is 0.141 e. The number of nitrogens with zero attached hydrogens (tertiary/aromatic N) is 2. The van der Waals surface area contributed by atoms with Crippen LogP contribution in [0.25, 0.3) is 0 Å². The van der Waals surface area contributed by atoms with E-state index in [9.17, 15) is 4.39 Å². The second kappa shape index (κ2) is 6.63. The van der Waals surface area contributed by atoms with E-state index in [2.05, 4.69) is 15.3 Å². The van der Waals surface area contributed by atoms with Crippen LogP contribution in [-0.4, -0.2) is 24.1 Å².